The summed E-state index contributed by atoms with van der Waals surface area (Å²) in [5.74, 6) is -0.520. The first-order valence-electron chi connectivity index (χ1n) is 8.56. The molecule has 2 aromatic rings. The van der Waals surface area contributed by atoms with Crippen molar-refractivity contribution in [1.82, 2.24) is 14.5 Å². The van der Waals surface area contributed by atoms with Crippen molar-refractivity contribution in [1.29, 1.82) is 0 Å². The molecule has 144 valence electrons. The van der Waals surface area contributed by atoms with Gasteiger partial charge in [-0.15, -0.1) is 0 Å². The van der Waals surface area contributed by atoms with Crippen LogP contribution in [0.2, 0.25) is 0 Å². The second-order valence-corrected chi connectivity index (χ2v) is 8.42. The van der Waals surface area contributed by atoms with E-state index in [2.05, 4.69) is 4.72 Å². The lowest BCUT2D eigenvalue weighted by atomic mass is 9.99. The summed E-state index contributed by atoms with van der Waals surface area (Å²) in [6.45, 7) is 0.543. The number of piperazine rings is 1. The molecule has 1 heterocycles. The second-order valence-electron chi connectivity index (χ2n) is 6.66. The summed E-state index contributed by atoms with van der Waals surface area (Å²) in [4.78, 5) is 16.2. The Hall–Kier alpha value is -2.29. The minimum Gasteiger partial charge on any atom is -0.342 e. The predicted octanol–water partition coefficient (Wildman–Crippen LogP) is 1.62. The molecule has 0 saturated carbocycles. The highest BCUT2D eigenvalue weighted by atomic mass is 32.2. The molecule has 0 aliphatic carbocycles. The first kappa shape index (κ1) is 19.5. The van der Waals surface area contributed by atoms with Gasteiger partial charge in [0.1, 0.15) is 11.9 Å². The Morgan fingerprint density at radius 1 is 1.07 bits per heavy atom. The number of amides is 1. The van der Waals surface area contributed by atoms with Crippen molar-refractivity contribution >= 4 is 15.9 Å². The minimum atomic E-state index is -3.76. The van der Waals surface area contributed by atoms with Gasteiger partial charge in [0.2, 0.25) is 15.9 Å². The normalized spacial score (nSPS) is 21.4. The fourth-order valence-electron chi connectivity index (χ4n) is 3.25. The van der Waals surface area contributed by atoms with E-state index in [9.17, 15) is 17.6 Å². The second kappa shape index (κ2) is 7.75. The Bertz CT molecular complexity index is 904. The molecule has 1 saturated heterocycles. The maximum absolute atomic E-state index is 13.0. The molecular weight excluding hydrogens is 369 g/mol. The number of halogens is 1. The summed E-state index contributed by atoms with van der Waals surface area (Å²) in [7, 11) is -0.226. The summed E-state index contributed by atoms with van der Waals surface area (Å²) in [6.07, 6.45) is 0. The molecule has 0 radical (unpaired) electrons. The van der Waals surface area contributed by atoms with Crippen LogP contribution in [0.15, 0.2) is 59.5 Å². The lowest BCUT2D eigenvalue weighted by Gasteiger charge is -2.43. The van der Waals surface area contributed by atoms with Crippen molar-refractivity contribution < 1.29 is 17.6 Å². The number of carbonyl (C=O) groups is 1. The molecule has 8 heteroatoms. The van der Waals surface area contributed by atoms with Gasteiger partial charge in [0, 0.05) is 26.2 Å². The quantitative estimate of drug-likeness (QED) is 0.841. The molecule has 1 aliphatic rings. The van der Waals surface area contributed by atoms with E-state index in [1.807, 2.05) is 42.3 Å². The number of nitrogens with zero attached hydrogens (tertiary/aromatic N) is 2. The highest BCUT2D eigenvalue weighted by molar-refractivity contribution is 7.89. The molecule has 1 amide bonds. The van der Waals surface area contributed by atoms with E-state index in [0.717, 1.165) is 17.7 Å². The standard InChI is InChI=1S/C19H22FN3O3S/c1-22-13-16(12-21-27(25,26)17-10-8-15(20)9-11-17)23(2)18(19(22)24)14-6-4-3-5-7-14/h3-11,16,18,21H,12-13H2,1-2H3/t16-,18+/m1/s1. The SMILES string of the molecule is CN1C[C@@H](CNS(=O)(=O)c2ccc(F)cc2)N(C)[C@@H](c2ccccc2)C1=O. The lowest BCUT2D eigenvalue weighted by Crippen LogP contribution is -2.58. The number of sulfonamides is 1. The number of rotatable bonds is 5. The Morgan fingerprint density at radius 3 is 2.33 bits per heavy atom. The summed E-state index contributed by atoms with van der Waals surface area (Å²) >= 11 is 0. The van der Waals surface area contributed by atoms with E-state index in [1.165, 1.54) is 12.1 Å². The molecular formula is C19H22FN3O3S. The van der Waals surface area contributed by atoms with E-state index >= 15 is 0 Å². The molecule has 0 unspecified atom stereocenters. The Morgan fingerprint density at radius 2 is 1.70 bits per heavy atom. The average molecular weight is 391 g/mol. The third-order valence-electron chi connectivity index (χ3n) is 4.83. The van der Waals surface area contributed by atoms with Crippen LogP contribution in [0.3, 0.4) is 0 Å². The van der Waals surface area contributed by atoms with Crippen LogP contribution in [0.1, 0.15) is 11.6 Å². The number of benzene rings is 2. The molecule has 0 spiro atoms. The zero-order valence-corrected chi connectivity index (χ0v) is 16.0. The van der Waals surface area contributed by atoms with Crippen LogP contribution in [0.25, 0.3) is 0 Å². The van der Waals surface area contributed by atoms with E-state index in [4.69, 9.17) is 0 Å². The van der Waals surface area contributed by atoms with Crippen LogP contribution >= 0.6 is 0 Å². The van der Waals surface area contributed by atoms with E-state index in [1.54, 1.807) is 11.9 Å². The van der Waals surface area contributed by atoms with Gasteiger partial charge < -0.3 is 4.90 Å². The van der Waals surface area contributed by atoms with E-state index in [0.29, 0.717) is 6.54 Å². The minimum absolute atomic E-state index is 0.00593. The van der Waals surface area contributed by atoms with Crippen molar-refractivity contribution in [2.45, 2.75) is 17.0 Å². The Kier molecular flexibility index (Phi) is 5.59. The molecule has 27 heavy (non-hydrogen) atoms. The molecule has 2 aromatic carbocycles. The van der Waals surface area contributed by atoms with Crippen LogP contribution in [0, 0.1) is 5.82 Å². The highest BCUT2D eigenvalue weighted by Crippen LogP contribution is 2.27. The van der Waals surface area contributed by atoms with Crippen molar-refractivity contribution in [2.24, 2.45) is 0 Å². The summed E-state index contributed by atoms with van der Waals surface area (Å²) in [5, 5.41) is 0. The zero-order valence-electron chi connectivity index (χ0n) is 15.2. The van der Waals surface area contributed by atoms with Gasteiger partial charge >= 0.3 is 0 Å². The first-order chi connectivity index (χ1) is 12.8. The monoisotopic (exact) mass is 391 g/mol. The third-order valence-corrected chi connectivity index (χ3v) is 6.27. The molecule has 1 aliphatic heterocycles. The van der Waals surface area contributed by atoms with Crippen molar-refractivity contribution in [3.05, 3.63) is 66.0 Å². The molecule has 3 rings (SSSR count). The molecule has 1 fully saturated rings. The number of likely N-dealkylation sites (N-methyl/N-ethyl adjacent to an activating group) is 2. The van der Waals surface area contributed by atoms with Crippen LogP contribution in [-0.2, 0) is 14.8 Å². The zero-order chi connectivity index (χ0) is 19.6. The van der Waals surface area contributed by atoms with Crippen LogP contribution in [0.5, 0.6) is 0 Å². The molecule has 1 N–H and O–H groups in total. The lowest BCUT2D eigenvalue weighted by molar-refractivity contribution is -0.142. The van der Waals surface area contributed by atoms with Crippen molar-refractivity contribution in [3.8, 4) is 0 Å². The fourth-order valence-corrected chi connectivity index (χ4v) is 4.33. The first-order valence-corrected chi connectivity index (χ1v) is 10.0. The third kappa shape index (κ3) is 4.18. The number of nitrogens with one attached hydrogen (secondary N) is 1. The van der Waals surface area contributed by atoms with Crippen molar-refractivity contribution in [2.75, 3.05) is 27.2 Å². The summed E-state index contributed by atoms with van der Waals surface area (Å²) in [6, 6.07) is 13.4. The van der Waals surface area contributed by atoms with Gasteiger partial charge in [0.15, 0.2) is 0 Å². The predicted molar refractivity (Wildman–Crippen MR) is 100.0 cm³/mol. The molecule has 0 bridgehead atoms. The van der Waals surface area contributed by atoms with Gasteiger partial charge in [0.05, 0.1) is 4.90 Å². The Labute approximate surface area is 158 Å². The van der Waals surface area contributed by atoms with Crippen molar-refractivity contribution in [3.63, 3.8) is 0 Å². The molecule has 6 nitrogen and oxygen atoms in total. The van der Waals surface area contributed by atoms with E-state index < -0.39 is 21.9 Å². The highest BCUT2D eigenvalue weighted by Gasteiger charge is 2.38. The molecule has 2 atom stereocenters. The van der Waals surface area contributed by atoms with Crippen LogP contribution in [-0.4, -0.2) is 57.4 Å². The maximum atomic E-state index is 13.0. The fraction of sp³-hybridized carbons (Fsp3) is 0.316. The van der Waals surface area contributed by atoms with Gasteiger partial charge in [-0.1, -0.05) is 30.3 Å². The average Bonchev–Trinajstić information content (AvgIpc) is 2.65. The summed E-state index contributed by atoms with van der Waals surface area (Å²) < 4.78 is 40.5. The molecule has 0 aromatic heterocycles. The Balaban J connectivity index is 1.76. The van der Waals surface area contributed by atoms with Gasteiger partial charge in [-0.3, -0.25) is 9.69 Å². The topological polar surface area (TPSA) is 69.7 Å². The smallest absolute Gasteiger partial charge is 0.244 e. The number of hydrogen-bond acceptors (Lipinski definition) is 4. The van der Waals surface area contributed by atoms with E-state index in [-0.39, 0.29) is 23.4 Å². The number of carbonyl (C=O) groups excluding carboxylic acids is 1. The van der Waals surface area contributed by atoms with Gasteiger partial charge in [-0.05, 0) is 36.9 Å². The largest absolute Gasteiger partial charge is 0.342 e. The van der Waals surface area contributed by atoms with Gasteiger partial charge in [0.25, 0.3) is 0 Å². The van der Waals surface area contributed by atoms with Crippen LogP contribution < -0.4 is 4.72 Å². The summed E-state index contributed by atoms with van der Waals surface area (Å²) in [5.41, 5.74) is 0.864. The maximum Gasteiger partial charge on any atom is 0.244 e. The van der Waals surface area contributed by atoms with Crippen LogP contribution in [0.4, 0.5) is 4.39 Å². The number of hydrogen-bond donors (Lipinski definition) is 1. The van der Waals surface area contributed by atoms with Gasteiger partial charge in [-0.25, -0.2) is 17.5 Å². The van der Waals surface area contributed by atoms with Gasteiger partial charge in [-0.2, -0.15) is 0 Å².